The molecule has 1 aromatic carbocycles. The molecule has 1 fully saturated rings. The van der Waals surface area contributed by atoms with Crippen molar-refractivity contribution in [1.29, 1.82) is 0 Å². The summed E-state index contributed by atoms with van der Waals surface area (Å²) in [5, 5.41) is 4.08. The third-order valence-corrected chi connectivity index (χ3v) is 4.69. The molecule has 0 spiro atoms. The summed E-state index contributed by atoms with van der Waals surface area (Å²) in [4.78, 5) is 13.4. The molecule has 0 N–H and O–H groups in total. The monoisotopic (exact) mass is 316 g/mol. The molecule has 2 aliphatic rings. The third-order valence-electron chi connectivity index (χ3n) is 4.69. The highest BCUT2D eigenvalue weighted by molar-refractivity contribution is 5.87. The molecule has 1 saturated carbocycles. The highest BCUT2D eigenvalue weighted by Crippen LogP contribution is 2.46. The number of aliphatic imine (C=N–C) groups is 1. The van der Waals surface area contributed by atoms with Crippen molar-refractivity contribution >= 4 is 6.21 Å². The smallest absolute Gasteiger partial charge is 0.258 e. The molecule has 0 amide bonds. The van der Waals surface area contributed by atoms with Gasteiger partial charge in [-0.3, -0.25) is 9.98 Å². The zero-order chi connectivity index (χ0) is 16.1. The first kappa shape index (κ1) is 13.6. The van der Waals surface area contributed by atoms with Gasteiger partial charge < -0.3 is 4.52 Å². The van der Waals surface area contributed by atoms with Gasteiger partial charge in [0, 0.05) is 29.2 Å². The van der Waals surface area contributed by atoms with Crippen molar-refractivity contribution < 1.29 is 4.52 Å². The molecule has 1 unspecified atom stereocenters. The van der Waals surface area contributed by atoms with Gasteiger partial charge >= 0.3 is 0 Å². The van der Waals surface area contributed by atoms with Crippen molar-refractivity contribution in [2.24, 2.45) is 10.9 Å². The third kappa shape index (κ3) is 2.24. The summed E-state index contributed by atoms with van der Waals surface area (Å²) in [5.41, 5.74) is 5.23. The van der Waals surface area contributed by atoms with Gasteiger partial charge in [-0.15, -0.1) is 0 Å². The van der Waals surface area contributed by atoms with E-state index in [2.05, 4.69) is 32.2 Å². The summed E-state index contributed by atoms with van der Waals surface area (Å²) in [6.07, 6.45) is 6.32. The van der Waals surface area contributed by atoms with Crippen molar-refractivity contribution in [2.45, 2.75) is 25.8 Å². The fourth-order valence-corrected chi connectivity index (χ4v) is 3.18. The first-order chi connectivity index (χ1) is 11.8. The maximum absolute atomic E-state index is 5.45. The second kappa shape index (κ2) is 5.09. The van der Waals surface area contributed by atoms with Crippen LogP contribution in [0.25, 0.3) is 22.8 Å². The Balaban J connectivity index is 1.47. The standard InChI is InChI=1S/C19H16N4O/c1-11-2-3-14(9-20-11)18-22-19(24-23-18)13-6-7-16-15(8-13)10-21-17(16)12-4-5-12/h2-3,6-10,12,17H,4-5H2,1H3. The van der Waals surface area contributed by atoms with Crippen LogP contribution in [-0.2, 0) is 0 Å². The number of aryl methyl sites for hydroxylation is 1. The Morgan fingerprint density at radius 3 is 2.75 bits per heavy atom. The Bertz CT molecular complexity index is 938. The van der Waals surface area contributed by atoms with E-state index in [1.165, 1.54) is 24.0 Å². The van der Waals surface area contributed by atoms with Crippen molar-refractivity contribution in [3.05, 3.63) is 53.3 Å². The lowest BCUT2D eigenvalue weighted by Gasteiger charge is -2.08. The van der Waals surface area contributed by atoms with Gasteiger partial charge in [-0.2, -0.15) is 4.98 Å². The van der Waals surface area contributed by atoms with E-state index in [0.717, 1.165) is 22.7 Å². The molecule has 24 heavy (non-hydrogen) atoms. The molecule has 5 rings (SSSR count). The lowest BCUT2D eigenvalue weighted by atomic mass is 9.99. The van der Waals surface area contributed by atoms with E-state index >= 15 is 0 Å². The van der Waals surface area contributed by atoms with Crippen LogP contribution in [0.3, 0.4) is 0 Å². The molecular weight excluding hydrogens is 300 g/mol. The summed E-state index contributed by atoms with van der Waals surface area (Å²) in [7, 11) is 0. The van der Waals surface area contributed by atoms with Crippen LogP contribution >= 0.6 is 0 Å². The fraction of sp³-hybridized carbons (Fsp3) is 0.263. The molecule has 0 bridgehead atoms. The van der Waals surface area contributed by atoms with E-state index in [-0.39, 0.29) is 0 Å². The van der Waals surface area contributed by atoms with E-state index < -0.39 is 0 Å². The number of benzene rings is 1. The van der Waals surface area contributed by atoms with Crippen LogP contribution in [0.1, 0.15) is 35.7 Å². The summed E-state index contributed by atoms with van der Waals surface area (Å²) in [6, 6.07) is 10.5. The molecule has 2 aromatic heterocycles. The zero-order valence-corrected chi connectivity index (χ0v) is 13.3. The lowest BCUT2D eigenvalue weighted by molar-refractivity contribution is 0.432. The van der Waals surface area contributed by atoms with Crippen LogP contribution in [0.2, 0.25) is 0 Å². The average molecular weight is 316 g/mol. The molecular formula is C19H16N4O. The normalized spacial score (nSPS) is 18.8. The second-order valence-corrected chi connectivity index (χ2v) is 6.52. The van der Waals surface area contributed by atoms with E-state index in [9.17, 15) is 0 Å². The summed E-state index contributed by atoms with van der Waals surface area (Å²) < 4.78 is 5.45. The highest BCUT2D eigenvalue weighted by Gasteiger charge is 2.35. The van der Waals surface area contributed by atoms with Gasteiger partial charge in [0.1, 0.15) is 0 Å². The maximum Gasteiger partial charge on any atom is 0.258 e. The van der Waals surface area contributed by atoms with Gasteiger partial charge in [-0.25, -0.2) is 0 Å². The van der Waals surface area contributed by atoms with E-state index in [1.54, 1.807) is 6.20 Å². The number of rotatable bonds is 3. The summed E-state index contributed by atoms with van der Waals surface area (Å²) in [5.74, 6) is 1.82. The molecule has 3 aromatic rings. The van der Waals surface area contributed by atoms with Crippen molar-refractivity contribution in [3.63, 3.8) is 0 Å². The molecule has 3 heterocycles. The molecule has 5 nitrogen and oxygen atoms in total. The molecule has 0 radical (unpaired) electrons. The SMILES string of the molecule is Cc1ccc(-c2noc(-c3ccc4c(c3)C=NC4C3CC3)n2)cn1. The van der Waals surface area contributed by atoms with Crippen LogP contribution in [0.5, 0.6) is 0 Å². The van der Waals surface area contributed by atoms with Gasteiger partial charge in [0.05, 0.1) is 6.04 Å². The number of aromatic nitrogens is 3. The van der Waals surface area contributed by atoms with Crippen LogP contribution in [-0.4, -0.2) is 21.3 Å². The summed E-state index contributed by atoms with van der Waals surface area (Å²) >= 11 is 0. The minimum atomic E-state index is 0.353. The molecule has 118 valence electrons. The first-order valence-corrected chi connectivity index (χ1v) is 8.22. The minimum absolute atomic E-state index is 0.353. The largest absolute Gasteiger partial charge is 0.334 e. The van der Waals surface area contributed by atoms with Crippen molar-refractivity contribution in [3.8, 4) is 22.8 Å². The Morgan fingerprint density at radius 2 is 1.96 bits per heavy atom. The quantitative estimate of drug-likeness (QED) is 0.733. The number of hydrogen-bond donors (Lipinski definition) is 0. The summed E-state index contributed by atoms with van der Waals surface area (Å²) in [6.45, 7) is 1.95. The van der Waals surface area contributed by atoms with E-state index in [4.69, 9.17) is 4.52 Å². The van der Waals surface area contributed by atoms with Crippen molar-refractivity contribution in [1.82, 2.24) is 15.1 Å². The van der Waals surface area contributed by atoms with E-state index in [0.29, 0.717) is 17.8 Å². The Morgan fingerprint density at radius 1 is 1.08 bits per heavy atom. The Kier molecular flexibility index (Phi) is 2.89. The number of fused-ring (bicyclic) bond motifs is 1. The second-order valence-electron chi connectivity index (χ2n) is 6.52. The number of pyridine rings is 1. The van der Waals surface area contributed by atoms with Crippen LogP contribution in [0.4, 0.5) is 0 Å². The van der Waals surface area contributed by atoms with Gasteiger partial charge in [0.15, 0.2) is 0 Å². The van der Waals surface area contributed by atoms with Gasteiger partial charge in [0.25, 0.3) is 5.89 Å². The number of nitrogens with zero attached hydrogens (tertiary/aromatic N) is 4. The Labute approximate surface area is 139 Å². The van der Waals surface area contributed by atoms with Crippen LogP contribution < -0.4 is 0 Å². The van der Waals surface area contributed by atoms with Crippen molar-refractivity contribution in [2.75, 3.05) is 0 Å². The van der Waals surface area contributed by atoms with Gasteiger partial charge in [-0.1, -0.05) is 11.2 Å². The zero-order valence-electron chi connectivity index (χ0n) is 13.3. The predicted molar refractivity (Wildman–Crippen MR) is 90.8 cm³/mol. The Hall–Kier alpha value is -2.82. The molecule has 1 aliphatic carbocycles. The lowest BCUT2D eigenvalue weighted by Crippen LogP contribution is -1.95. The van der Waals surface area contributed by atoms with Crippen LogP contribution in [0, 0.1) is 12.8 Å². The predicted octanol–water partition coefficient (Wildman–Crippen LogP) is 3.99. The highest BCUT2D eigenvalue weighted by atomic mass is 16.5. The van der Waals surface area contributed by atoms with Gasteiger partial charge in [-0.05, 0) is 61.1 Å². The fourth-order valence-electron chi connectivity index (χ4n) is 3.18. The molecule has 1 aliphatic heterocycles. The van der Waals surface area contributed by atoms with E-state index in [1.807, 2.05) is 31.3 Å². The molecule has 0 saturated heterocycles. The minimum Gasteiger partial charge on any atom is -0.334 e. The first-order valence-electron chi connectivity index (χ1n) is 8.22. The average Bonchev–Trinajstić information content (AvgIpc) is 3.18. The molecule has 5 heteroatoms. The number of hydrogen-bond acceptors (Lipinski definition) is 5. The van der Waals surface area contributed by atoms with Gasteiger partial charge in [0.2, 0.25) is 5.82 Å². The topological polar surface area (TPSA) is 64.2 Å². The maximum atomic E-state index is 5.45. The molecule has 1 atom stereocenters. The van der Waals surface area contributed by atoms with Crippen LogP contribution in [0.15, 0.2) is 46.0 Å².